The summed E-state index contributed by atoms with van der Waals surface area (Å²) in [5.74, 6) is -0.386. The zero-order valence-corrected chi connectivity index (χ0v) is 14.0. The van der Waals surface area contributed by atoms with Crippen molar-refractivity contribution in [2.24, 2.45) is 5.92 Å². The highest BCUT2D eigenvalue weighted by Crippen LogP contribution is 2.33. The molecule has 6 heteroatoms. The van der Waals surface area contributed by atoms with E-state index in [-0.39, 0.29) is 22.8 Å². The Morgan fingerprint density at radius 1 is 1.38 bits per heavy atom. The van der Waals surface area contributed by atoms with Crippen LogP contribution in [-0.2, 0) is 4.74 Å². The minimum Gasteiger partial charge on any atom is -0.384 e. The van der Waals surface area contributed by atoms with Crippen LogP contribution in [0.2, 0.25) is 5.02 Å². The summed E-state index contributed by atoms with van der Waals surface area (Å²) in [5.41, 5.74) is 1.26. The molecule has 1 fully saturated rings. The quantitative estimate of drug-likeness (QED) is 0.850. The van der Waals surface area contributed by atoms with Gasteiger partial charge < -0.3 is 9.64 Å². The lowest BCUT2D eigenvalue weighted by molar-refractivity contribution is 0.0775. The predicted molar refractivity (Wildman–Crippen MR) is 89.7 cm³/mol. The first-order valence-corrected chi connectivity index (χ1v) is 8.12. The van der Waals surface area contributed by atoms with Crippen molar-refractivity contribution in [2.75, 3.05) is 26.8 Å². The van der Waals surface area contributed by atoms with Crippen molar-refractivity contribution in [3.8, 4) is 0 Å². The summed E-state index contributed by atoms with van der Waals surface area (Å²) >= 11 is 6.03. The van der Waals surface area contributed by atoms with Crippen molar-refractivity contribution in [2.45, 2.75) is 5.92 Å². The van der Waals surface area contributed by atoms with Crippen LogP contribution in [-0.4, -0.2) is 42.6 Å². The number of carbonyl (C=O) groups is 1. The van der Waals surface area contributed by atoms with E-state index in [1.54, 1.807) is 18.2 Å². The Balaban J connectivity index is 1.83. The third-order valence-corrected chi connectivity index (χ3v) is 4.65. The number of aromatic nitrogens is 1. The van der Waals surface area contributed by atoms with E-state index in [0.717, 1.165) is 11.8 Å². The molecule has 1 aliphatic heterocycles. The third-order valence-electron chi connectivity index (χ3n) is 4.34. The van der Waals surface area contributed by atoms with Crippen LogP contribution < -0.4 is 0 Å². The summed E-state index contributed by atoms with van der Waals surface area (Å²) < 4.78 is 18.5. The fourth-order valence-electron chi connectivity index (χ4n) is 3.18. The summed E-state index contributed by atoms with van der Waals surface area (Å²) in [4.78, 5) is 18.9. The van der Waals surface area contributed by atoms with Crippen LogP contribution in [0, 0.1) is 11.7 Å². The zero-order chi connectivity index (χ0) is 17.1. The highest BCUT2D eigenvalue weighted by molar-refractivity contribution is 6.33. The van der Waals surface area contributed by atoms with Crippen LogP contribution in [0.15, 0.2) is 42.6 Å². The molecular weight excluding hydrogens is 331 g/mol. The molecule has 0 radical (unpaired) electrons. The number of halogens is 2. The van der Waals surface area contributed by atoms with Gasteiger partial charge in [-0.15, -0.1) is 0 Å². The number of likely N-dealkylation sites (tertiary alicyclic amines) is 1. The molecule has 0 unspecified atom stereocenters. The number of pyridine rings is 1. The Bertz CT molecular complexity index is 726. The second kappa shape index (κ2) is 7.28. The number of amides is 1. The molecule has 2 atom stereocenters. The van der Waals surface area contributed by atoms with Gasteiger partial charge in [0.25, 0.3) is 5.91 Å². The van der Waals surface area contributed by atoms with E-state index in [0.29, 0.717) is 25.3 Å². The topological polar surface area (TPSA) is 42.4 Å². The minimum atomic E-state index is -0.457. The normalized spacial score (nSPS) is 20.4. The Labute approximate surface area is 145 Å². The number of nitrogens with zero attached hydrogens (tertiary/aromatic N) is 2. The second-order valence-electron chi connectivity index (χ2n) is 5.91. The number of carbonyl (C=O) groups excluding carboxylic acids is 1. The molecule has 126 valence electrons. The molecule has 4 nitrogen and oxygen atoms in total. The summed E-state index contributed by atoms with van der Waals surface area (Å²) in [5, 5.41) is 0.129. The summed E-state index contributed by atoms with van der Waals surface area (Å²) in [6.07, 6.45) is 1.75. The highest BCUT2D eigenvalue weighted by Gasteiger charge is 2.37. The van der Waals surface area contributed by atoms with Gasteiger partial charge in [-0.05, 0) is 30.3 Å². The van der Waals surface area contributed by atoms with E-state index in [4.69, 9.17) is 16.3 Å². The van der Waals surface area contributed by atoms with Gasteiger partial charge in [0.15, 0.2) is 0 Å². The summed E-state index contributed by atoms with van der Waals surface area (Å²) in [6, 6.07) is 9.61. The molecule has 1 aromatic carbocycles. The first kappa shape index (κ1) is 16.9. The molecule has 1 amide bonds. The van der Waals surface area contributed by atoms with Gasteiger partial charge in [0, 0.05) is 43.9 Å². The molecule has 2 heterocycles. The number of hydrogen-bond donors (Lipinski definition) is 0. The van der Waals surface area contributed by atoms with Crippen molar-refractivity contribution in [3.05, 3.63) is 64.7 Å². The Morgan fingerprint density at radius 2 is 2.21 bits per heavy atom. The maximum atomic E-state index is 13.2. The van der Waals surface area contributed by atoms with Crippen molar-refractivity contribution in [1.29, 1.82) is 0 Å². The lowest BCUT2D eigenvalue weighted by Crippen LogP contribution is -2.29. The molecule has 0 N–H and O–H groups in total. The maximum absolute atomic E-state index is 13.2. The number of ether oxygens (including phenoxy) is 1. The first-order chi connectivity index (χ1) is 11.6. The molecule has 1 saturated heterocycles. The van der Waals surface area contributed by atoms with Gasteiger partial charge >= 0.3 is 0 Å². The summed E-state index contributed by atoms with van der Waals surface area (Å²) in [7, 11) is 1.65. The number of methoxy groups -OCH3 is 1. The van der Waals surface area contributed by atoms with Gasteiger partial charge in [0.1, 0.15) is 5.82 Å². The zero-order valence-electron chi connectivity index (χ0n) is 13.3. The third kappa shape index (κ3) is 3.42. The monoisotopic (exact) mass is 348 g/mol. The fraction of sp³-hybridized carbons (Fsp3) is 0.333. The van der Waals surface area contributed by atoms with E-state index in [9.17, 15) is 9.18 Å². The molecule has 24 heavy (non-hydrogen) atoms. The van der Waals surface area contributed by atoms with Gasteiger partial charge in [-0.3, -0.25) is 9.78 Å². The van der Waals surface area contributed by atoms with Crippen molar-refractivity contribution in [3.63, 3.8) is 0 Å². The highest BCUT2D eigenvalue weighted by atomic mass is 35.5. The lowest BCUT2D eigenvalue weighted by Gasteiger charge is -2.17. The molecule has 0 bridgehead atoms. The standard InChI is InChI=1S/C18H18ClFN2O2/c1-24-11-12-9-22(10-15(12)17-4-2-3-7-21-17)18(23)14-6-5-13(20)8-16(14)19/h2-8,12,15H,9-11H2,1H3/t12-,15+/m0/s1. The molecule has 1 aliphatic rings. The van der Waals surface area contributed by atoms with Gasteiger partial charge in [0.2, 0.25) is 0 Å². The van der Waals surface area contributed by atoms with Crippen LogP contribution in [0.5, 0.6) is 0 Å². The van der Waals surface area contributed by atoms with E-state index < -0.39 is 5.82 Å². The van der Waals surface area contributed by atoms with Gasteiger partial charge in [-0.1, -0.05) is 17.7 Å². The number of hydrogen-bond acceptors (Lipinski definition) is 3. The smallest absolute Gasteiger partial charge is 0.255 e. The van der Waals surface area contributed by atoms with Crippen LogP contribution in [0.3, 0.4) is 0 Å². The number of rotatable bonds is 4. The number of benzene rings is 1. The van der Waals surface area contributed by atoms with Gasteiger partial charge in [-0.2, -0.15) is 0 Å². The van der Waals surface area contributed by atoms with Crippen molar-refractivity contribution >= 4 is 17.5 Å². The van der Waals surface area contributed by atoms with Crippen LogP contribution in [0.1, 0.15) is 22.0 Å². The second-order valence-corrected chi connectivity index (χ2v) is 6.32. The van der Waals surface area contributed by atoms with Crippen LogP contribution >= 0.6 is 11.6 Å². The average molecular weight is 349 g/mol. The largest absolute Gasteiger partial charge is 0.384 e. The molecule has 0 spiro atoms. The Kier molecular flexibility index (Phi) is 5.11. The minimum absolute atomic E-state index is 0.106. The SMILES string of the molecule is COC[C@@H]1CN(C(=O)c2ccc(F)cc2Cl)C[C@H]1c1ccccn1. The summed E-state index contributed by atoms with van der Waals surface area (Å²) in [6.45, 7) is 1.64. The van der Waals surface area contributed by atoms with E-state index in [2.05, 4.69) is 4.98 Å². The molecular formula is C18H18ClFN2O2. The Morgan fingerprint density at radius 3 is 2.88 bits per heavy atom. The molecule has 0 aliphatic carbocycles. The Hall–Kier alpha value is -1.98. The molecule has 0 saturated carbocycles. The predicted octanol–water partition coefficient (Wildman–Crippen LogP) is 3.38. The van der Waals surface area contributed by atoms with E-state index >= 15 is 0 Å². The van der Waals surface area contributed by atoms with Crippen molar-refractivity contribution < 1.29 is 13.9 Å². The van der Waals surface area contributed by atoms with E-state index in [1.165, 1.54) is 12.1 Å². The first-order valence-electron chi connectivity index (χ1n) is 7.74. The maximum Gasteiger partial charge on any atom is 0.255 e. The van der Waals surface area contributed by atoms with Gasteiger partial charge in [-0.25, -0.2) is 4.39 Å². The van der Waals surface area contributed by atoms with Gasteiger partial charge in [0.05, 0.1) is 17.2 Å². The fourth-order valence-corrected chi connectivity index (χ4v) is 3.43. The van der Waals surface area contributed by atoms with E-state index in [1.807, 2.05) is 18.2 Å². The lowest BCUT2D eigenvalue weighted by atomic mass is 9.93. The van der Waals surface area contributed by atoms with Crippen molar-refractivity contribution in [1.82, 2.24) is 9.88 Å². The molecule has 2 aromatic rings. The van der Waals surface area contributed by atoms with Crippen LogP contribution in [0.4, 0.5) is 4.39 Å². The average Bonchev–Trinajstić information content (AvgIpc) is 2.99. The molecule has 1 aromatic heterocycles. The van der Waals surface area contributed by atoms with Crippen LogP contribution in [0.25, 0.3) is 0 Å². The molecule has 3 rings (SSSR count).